The number of carbonyl (C=O) groups excluding carboxylic acids is 1. The number of nitrogens with one attached hydrogen (secondary N) is 1. The van der Waals surface area contributed by atoms with Crippen molar-refractivity contribution >= 4 is 23.6 Å². The van der Waals surface area contributed by atoms with Crippen molar-refractivity contribution in [1.29, 1.82) is 0 Å². The molecule has 1 aromatic rings. The molecule has 0 fully saturated rings. The lowest BCUT2D eigenvalue weighted by Gasteiger charge is -2.06. The Hall–Kier alpha value is -2.21. The standard InChI is InChI=1S/C12H12FNO4/c1-18-7-11(15)14-9-3-4-10(13)8(6-9)2-5-12(16)17/h2-6H,7H2,1H3,(H,14,15)(H,16,17)/b5-2+. The van der Waals surface area contributed by atoms with E-state index in [1.165, 1.54) is 19.2 Å². The first-order valence-electron chi connectivity index (χ1n) is 5.02. The molecule has 96 valence electrons. The van der Waals surface area contributed by atoms with E-state index in [-0.39, 0.29) is 18.1 Å². The third-order valence-corrected chi connectivity index (χ3v) is 1.96. The van der Waals surface area contributed by atoms with E-state index < -0.39 is 11.8 Å². The molecule has 1 amide bonds. The zero-order valence-corrected chi connectivity index (χ0v) is 9.64. The van der Waals surface area contributed by atoms with Crippen LogP contribution in [0.25, 0.3) is 6.08 Å². The summed E-state index contributed by atoms with van der Waals surface area (Å²) in [7, 11) is 1.38. The highest BCUT2D eigenvalue weighted by Crippen LogP contribution is 2.16. The Morgan fingerprint density at radius 2 is 2.22 bits per heavy atom. The van der Waals surface area contributed by atoms with Gasteiger partial charge in [-0.15, -0.1) is 0 Å². The summed E-state index contributed by atoms with van der Waals surface area (Å²) in [4.78, 5) is 21.6. The topological polar surface area (TPSA) is 75.6 Å². The molecule has 0 aliphatic carbocycles. The van der Waals surface area contributed by atoms with E-state index in [1.807, 2.05) is 0 Å². The molecule has 0 aliphatic rings. The van der Waals surface area contributed by atoms with Crippen LogP contribution in [0.1, 0.15) is 5.56 Å². The van der Waals surface area contributed by atoms with Gasteiger partial charge in [0.2, 0.25) is 5.91 Å². The van der Waals surface area contributed by atoms with Gasteiger partial charge in [-0.3, -0.25) is 4.79 Å². The number of rotatable bonds is 5. The Morgan fingerprint density at radius 1 is 1.50 bits per heavy atom. The van der Waals surface area contributed by atoms with Gasteiger partial charge in [0, 0.05) is 24.4 Å². The molecule has 0 radical (unpaired) electrons. The first-order chi connectivity index (χ1) is 8.52. The average Bonchev–Trinajstić information content (AvgIpc) is 2.30. The molecule has 1 rings (SSSR count). The number of methoxy groups -OCH3 is 1. The predicted octanol–water partition coefficient (Wildman–Crippen LogP) is 1.51. The quantitative estimate of drug-likeness (QED) is 0.780. The van der Waals surface area contributed by atoms with Crippen LogP contribution >= 0.6 is 0 Å². The van der Waals surface area contributed by atoms with E-state index in [9.17, 15) is 14.0 Å². The summed E-state index contributed by atoms with van der Waals surface area (Å²) in [6.45, 7) is -0.113. The van der Waals surface area contributed by atoms with Crippen LogP contribution in [0, 0.1) is 5.82 Å². The van der Waals surface area contributed by atoms with E-state index in [4.69, 9.17) is 5.11 Å². The van der Waals surface area contributed by atoms with E-state index in [0.717, 1.165) is 18.2 Å². The second kappa shape index (κ2) is 6.51. The van der Waals surface area contributed by atoms with E-state index in [0.29, 0.717) is 5.69 Å². The Balaban J connectivity index is 2.86. The molecular formula is C12H12FNO4. The van der Waals surface area contributed by atoms with Crippen molar-refractivity contribution in [3.63, 3.8) is 0 Å². The fraction of sp³-hybridized carbons (Fsp3) is 0.167. The Kier molecular flexibility index (Phi) is 5.01. The largest absolute Gasteiger partial charge is 0.478 e. The van der Waals surface area contributed by atoms with Crippen molar-refractivity contribution < 1.29 is 23.8 Å². The maximum Gasteiger partial charge on any atom is 0.328 e. The van der Waals surface area contributed by atoms with Crippen LogP contribution in [0.3, 0.4) is 0 Å². The van der Waals surface area contributed by atoms with Crippen molar-refractivity contribution in [2.24, 2.45) is 0 Å². The van der Waals surface area contributed by atoms with Gasteiger partial charge >= 0.3 is 5.97 Å². The first kappa shape index (κ1) is 13.9. The van der Waals surface area contributed by atoms with Crippen LogP contribution in [0.5, 0.6) is 0 Å². The van der Waals surface area contributed by atoms with Crippen LogP contribution in [0.15, 0.2) is 24.3 Å². The van der Waals surface area contributed by atoms with E-state index in [2.05, 4.69) is 10.1 Å². The molecule has 18 heavy (non-hydrogen) atoms. The zero-order chi connectivity index (χ0) is 13.5. The van der Waals surface area contributed by atoms with Gasteiger partial charge in [0.15, 0.2) is 0 Å². The molecule has 0 heterocycles. The molecular weight excluding hydrogens is 241 g/mol. The number of benzene rings is 1. The summed E-state index contributed by atoms with van der Waals surface area (Å²) in [5.41, 5.74) is 0.441. The van der Waals surface area contributed by atoms with Crippen LogP contribution in [0.2, 0.25) is 0 Å². The molecule has 0 saturated carbocycles. The van der Waals surface area contributed by atoms with Crippen LogP contribution in [0.4, 0.5) is 10.1 Å². The number of anilines is 1. The molecule has 0 spiro atoms. The molecule has 0 bridgehead atoms. The lowest BCUT2D eigenvalue weighted by atomic mass is 10.1. The number of aliphatic carboxylic acids is 1. The fourth-order valence-corrected chi connectivity index (χ4v) is 1.24. The summed E-state index contributed by atoms with van der Waals surface area (Å²) in [5, 5.41) is 10.9. The molecule has 0 unspecified atom stereocenters. The van der Waals surface area contributed by atoms with Crippen molar-refractivity contribution in [3.8, 4) is 0 Å². The Labute approximate surface area is 103 Å². The minimum Gasteiger partial charge on any atom is -0.478 e. The monoisotopic (exact) mass is 253 g/mol. The maximum absolute atomic E-state index is 13.3. The Morgan fingerprint density at radius 3 is 2.83 bits per heavy atom. The third-order valence-electron chi connectivity index (χ3n) is 1.96. The van der Waals surface area contributed by atoms with Crippen molar-refractivity contribution in [2.45, 2.75) is 0 Å². The number of hydrogen-bond acceptors (Lipinski definition) is 3. The van der Waals surface area contributed by atoms with Gasteiger partial charge in [-0.05, 0) is 24.3 Å². The summed E-state index contributed by atoms with van der Waals surface area (Å²) in [6, 6.07) is 3.85. The lowest BCUT2D eigenvalue weighted by Crippen LogP contribution is -2.17. The number of carbonyl (C=O) groups is 2. The molecule has 5 nitrogen and oxygen atoms in total. The SMILES string of the molecule is COCC(=O)Nc1ccc(F)c(/C=C/C(=O)O)c1. The number of carboxylic acid groups (broad SMARTS) is 1. The van der Waals surface area contributed by atoms with Crippen molar-refractivity contribution in [2.75, 3.05) is 19.0 Å². The minimum absolute atomic E-state index is 0.0765. The molecule has 0 atom stereocenters. The fourth-order valence-electron chi connectivity index (χ4n) is 1.24. The highest BCUT2D eigenvalue weighted by molar-refractivity contribution is 5.92. The van der Waals surface area contributed by atoms with Gasteiger partial charge in [-0.2, -0.15) is 0 Å². The van der Waals surface area contributed by atoms with Gasteiger partial charge in [0.05, 0.1) is 0 Å². The van der Waals surface area contributed by atoms with Gasteiger partial charge in [0.1, 0.15) is 12.4 Å². The average molecular weight is 253 g/mol. The minimum atomic E-state index is -1.18. The summed E-state index contributed by atoms with van der Waals surface area (Å²) < 4.78 is 18.0. The number of carboxylic acids is 1. The number of amides is 1. The summed E-state index contributed by atoms with van der Waals surface area (Å²) >= 11 is 0. The molecule has 0 aliphatic heterocycles. The molecule has 2 N–H and O–H groups in total. The van der Waals surface area contributed by atoms with Gasteiger partial charge in [0.25, 0.3) is 0 Å². The summed E-state index contributed by atoms with van der Waals surface area (Å²) in [6.07, 6.45) is 1.93. The molecule has 6 heteroatoms. The Bertz CT molecular complexity index is 485. The highest BCUT2D eigenvalue weighted by atomic mass is 19.1. The van der Waals surface area contributed by atoms with Crippen molar-refractivity contribution in [3.05, 3.63) is 35.7 Å². The van der Waals surface area contributed by atoms with Crippen molar-refractivity contribution in [1.82, 2.24) is 0 Å². The maximum atomic E-state index is 13.3. The number of halogens is 1. The molecule has 0 saturated heterocycles. The predicted molar refractivity (Wildman–Crippen MR) is 63.6 cm³/mol. The lowest BCUT2D eigenvalue weighted by molar-refractivity contribution is -0.131. The smallest absolute Gasteiger partial charge is 0.328 e. The van der Waals surface area contributed by atoms with Gasteiger partial charge < -0.3 is 15.2 Å². The number of hydrogen-bond donors (Lipinski definition) is 2. The highest BCUT2D eigenvalue weighted by Gasteiger charge is 2.05. The van der Waals surface area contributed by atoms with E-state index >= 15 is 0 Å². The van der Waals surface area contributed by atoms with Crippen LogP contribution in [-0.4, -0.2) is 30.7 Å². The van der Waals surface area contributed by atoms with Crippen LogP contribution in [-0.2, 0) is 14.3 Å². The number of ether oxygens (including phenoxy) is 1. The van der Waals surface area contributed by atoms with Gasteiger partial charge in [-0.25, -0.2) is 9.18 Å². The van der Waals surface area contributed by atoms with Gasteiger partial charge in [-0.1, -0.05) is 0 Å². The first-order valence-corrected chi connectivity index (χ1v) is 5.02. The second-order valence-corrected chi connectivity index (χ2v) is 3.39. The zero-order valence-electron chi connectivity index (χ0n) is 9.64. The summed E-state index contributed by atoms with van der Waals surface area (Å²) in [5.74, 6) is -2.13. The van der Waals surface area contributed by atoms with E-state index in [1.54, 1.807) is 0 Å². The second-order valence-electron chi connectivity index (χ2n) is 3.39. The third kappa shape index (κ3) is 4.34. The normalized spacial score (nSPS) is 10.6. The van der Waals surface area contributed by atoms with Crippen LogP contribution < -0.4 is 5.32 Å². The molecule has 1 aromatic carbocycles. The molecule has 0 aromatic heterocycles.